The lowest BCUT2D eigenvalue weighted by Crippen LogP contribution is -2.21. The van der Waals surface area contributed by atoms with Gasteiger partial charge in [-0.25, -0.2) is 4.98 Å². The van der Waals surface area contributed by atoms with E-state index in [0.717, 1.165) is 32.9 Å². The fraction of sp³-hybridized carbons (Fsp3) is 0.179. The molecule has 0 saturated carbocycles. The highest BCUT2D eigenvalue weighted by atomic mass is 35.5. The number of halogens is 1. The van der Waals surface area contributed by atoms with Gasteiger partial charge in [0.2, 0.25) is 5.13 Å². The van der Waals surface area contributed by atoms with Crippen molar-refractivity contribution in [3.63, 3.8) is 0 Å². The maximum absolute atomic E-state index is 13.7. The minimum atomic E-state index is -0.110. The molecule has 8 heteroatoms. The van der Waals surface area contributed by atoms with Crippen LogP contribution >= 0.6 is 34.7 Å². The predicted molar refractivity (Wildman–Crippen MR) is 152 cm³/mol. The van der Waals surface area contributed by atoms with Crippen molar-refractivity contribution in [1.82, 2.24) is 14.8 Å². The maximum Gasteiger partial charge on any atom is 0.282 e. The lowest BCUT2D eigenvalue weighted by atomic mass is 10.1. The molecule has 3 aromatic carbocycles. The van der Waals surface area contributed by atoms with Gasteiger partial charge in [0, 0.05) is 27.9 Å². The molecular formula is C28H25ClN4OS2. The van der Waals surface area contributed by atoms with Gasteiger partial charge in [0.15, 0.2) is 0 Å². The summed E-state index contributed by atoms with van der Waals surface area (Å²) < 4.78 is 2.61. The van der Waals surface area contributed by atoms with E-state index < -0.39 is 0 Å². The molecule has 0 amide bonds. The van der Waals surface area contributed by atoms with Gasteiger partial charge in [-0.2, -0.15) is 4.68 Å². The number of fused-ring (bicyclic) bond motifs is 1. The summed E-state index contributed by atoms with van der Waals surface area (Å²) >= 11 is 9.20. The Kier molecular flexibility index (Phi) is 7.70. The monoisotopic (exact) mass is 532 g/mol. The second-order valence-corrected chi connectivity index (χ2v) is 10.7. The quantitative estimate of drug-likeness (QED) is 0.162. The molecule has 2 aromatic heterocycles. The number of hydrogen-bond donors (Lipinski definition) is 1. The van der Waals surface area contributed by atoms with Gasteiger partial charge in [0.05, 0.1) is 21.5 Å². The second kappa shape index (κ2) is 11.3. The average Bonchev–Trinajstić information content (AvgIpc) is 3.48. The van der Waals surface area contributed by atoms with E-state index in [-0.39, 0.29) is 5.56 Å². The van der Waals surface area contributed by atoms with Crippen LogP contribution in [0.15, 0.2) is 93.5 Å². The SMILES string of the molecule is CCC(=NCCc1ccccc1)c1c(CSc2ccc(Cl)cc2)[nH]n(-c2nc3ccccc3s2)c1=O. The highest BCUT2D eigenvalue weighted by molar-refractivity contribution is 7.98. The van der Waals surface area contributed by atoms with Gasteiger partial charge in [-0.1, -0.05) is 72.3 Å². The van der Waals surface area contributed by atoms with Crippen molar-refractivity contribution in [3.05, 3.63) is 111 Å². The smallest absolute Gasteiger partial charge is 0.282 e. The van der Waals surface area contributed by atoms with E-state index >= 15 is 0 Å². The molecule has 36 heavy (non-hydrogen) atoms. The number of aromatic amines is 1. The van der Waals surface area contributed by atoms with E-state index in [4.69, 9.17) is 21.6 Å². The lowest BCUT2D eigenvalue weighted by molar-refractivity contribution is 0.827. The first-order valence-electron chi connectivity index (χ1n) is 11.8. The van der Waals surface area contributed by atoms with Crippen LogP contribution in [-0.4, -0.2) is 27.0 Å². The number of benzene rings is 3. The van der Waals surface area contributed by atoms with Gasteiger partial charge >= 0.3 is 0 Å². The largest absolute Gasteiger partial charge is 0.291 e. The normalized spacial score (nSPS) is 11.9. The predicted octanol–water partition coefficient (Wildman–Crippen LogP) is 7.16. The molecule has 0 aliphatic rings. The van der Waals surface area contributed by atoms with E-state index in [1.165, 1.54) is 16.9 Å². The van der Waals surface area contributed by atoms with Crippen LogP contribution in [0.5, 0.6) is 0 Å². The van der Waals surface area contributed by atoms with Crippen LogP contribution in [0.2, 0.25) is 5.02 Å². The molecule has 0 unspecified atom stereocenters. The Morgan fingerprint density at radius 3 is 2.56 bits per heavy atom. The molecule has 0 bridgehead atoms. The molecule has 5 nitrogen and oxygen atoms in total. The third kappa shape index (κ3) is 5.48. The topological polar surface area (TPSA) is 63.0 Å². The van der Waals surface area contributed by atoms with E-state index in [9.17, 15) is 4.79 Å². The number of H-pyrrole nitrogens is 1. The van der Waals surface area contributed by atoms with Gasteiger partial charge in [-0.05, 0) is 54.8 Å². The Balaban J connectivity index is 1.50. The van der Waals surface area contributed by atoms with E-state index in [1.54, 1.807) is 16.4 Å². The van der Waals surface area contributed by atoms with Crippen LogP contribution in [0, 0.1) is 0 Å². The average molecular weight is 533 g/mol. The van der Waals surface area contributed by atoms with Gasteiger partial charge < -0.3 is 0 Å². The number of aromatic nitrogens is 3. The van der Waals surface area contributed by atoms with E-state index in [0.29, 0.717) is 34.4 Å². The molecule has 5 rings (SSSR count). The number of thiazole rings is 1. The Morgan fingerprint density at radius 1 is 1.06 bits per heavy atom. The first kappa shape index (κ1) is 24.6. The summed E-state index contributed by atoms with van der Waals surface area (Å²) in [4.78, 5) is 24.4. The number of rotatable bonds is 9. The number of nitrogens with zero attached hydrogens (tertiary/aromatic N) is 3. The van der Waals surface area contributed by atoms with Crippen LogP contribution in [0.3, 0.4) is 0 Å². The number of thioether (sulfide) groups is 1. The Labute approximate surface area is 222 Å². The third-order valence-corrected chi connectivity index (χ3v) is 8.12. The lowest BCUT2D eigenvalue weighted by Gasteiger charge is -2.06. The zero-order valence-electron chi connectivity index (χ0n) is 19.8. The summed E-state index contributed by atoms with van der Waals surface area (Å²) in [5.74, 6) is 0.599. The van der Waals surface area contributed by atoms with Crippen molar-refractivity contribution in [1.29, 1.82) is 0 Å². The molecule has 5 aromatic rings. The molecule has 0 radical (unpaired) electrons. The highest BCUT2D eigenvalue weighted by Gasteiger charge is 2.21. The first-order valence-corrected chi connectivity index (χ1v) is 14.0. The zero-order chi connectivity index (χ0) is 24.9. The molecule has 0 atom stereocenters. The standard InChI is InChI=1S/C28H25ClN4OS2/c1-2-22(30-17-16-19-8-4-3-5-9-19)26-24(18-35-21-14-12-20(29)13-15-21)32-33(27(26)34)28-31-23-10-6-7-11-25(23)36-28/h3-15,32H,2,16-18H2,1H3. The minimum absolute atomic E-state index is 0.110. The molecule has 2 heterocycles. The Hall–Kier alpha value is -3.13. The number of aliphatic imine (C=N–C) groups is 1. The van der Waals surface area contributed by atoms with Crippen LogP contribution in [0.1, 0.15) is 30.2 Å². The third-order valence-electron chi connectivity index (χ3n) is 5.81. The van der Waals surface area contributed by atoms with Crippen LogP contribution in [-0.2, 0) is 12.2 Å². The molecule has 0 spiro atoms. The van der Waals surface area contributed by atoms with Gasteiger partial charge in [0.25, 0.3) is 5.56 Å². The summed E-state index contributed by atoms with van der Waals surface area (Å²) in [6, 6.07) is 25.9. The van der Waals surface area contributed by atoms with Gasteiger partial charge in [-0.3, -0.25) is 14.9 Å². The first-order chi connectivity index (χ1) is 17.6. The Bertz CT molecular complexity index is 1520. The van der Waals surface area contributed by atoms with Crippen molar-refractivity contribution < 1.29 is 0 Å². The molecule has 0 aliphatic carbocycles. The van der Waals surface area contributed by atoms with Crippen molar-refractivity contribution >= 4 is 50.6 Å². The second-order valence-electron chi connectivity index (χ2n) is 8.23. The molecule has 0 aliphatic heterocycles. The summed E-state index contributed by atoms with van der Waals surface area (Å²) in [5.41, 5.74) is 4.31. The van der Waals surface area contributed by atoms with Crippen LogP contribution in [0.4, 0.5) is 0 Å². The summed E-state index contributed by atoms with van der Waals surface area (Å²) in [6.07, 6.45) is 1.50. The van der Waals surface area contributed by atoms with Crippen molar-refractivity contribution in [2.45, 2.75) is 30.4 Å². The van der Waals surface area contributed by atoms with Crippen molar-refractivity contribution in [3.8, 4) is 5.13 Å². The number of para-hydroxylation sites is 1. The fourth-order valence-corrected chi connectivity index (χ4v) is 5.89. The zero-order valence-corrected chi connectivity index (χ0v) is 22.2. The summed E-state index contributed by atoms with van der Waals surface area (Å²) in [6.45, 7) is 2.68. The molecular weight excluding hydrogens is 508 g/mol. The van der Waals surface area contributed by atoms with E-state index in [1.807, 2.05) is 73.7 Å². The van der Waals surface area contributed by atoms with Gasteiger partial charge in [-0.15, -0.1) is 11.8 Å². The fourth-order valence-electron chi connectivity index (χ4n) is 3.99. The molecule has 182 valence electrons. The highest BCUT2D eigenvalue weighted by Crippen LogP contribution is 2.27. The summed E-state index contributed by atoms with van der Waals surface area (Å²) in [7, 11) is 0. The minimum Gasteiger partial charge on any atom is -0.291 e. The maximum atomic E-state index is 13.7. The number of hydrogen-bond acceptors (Lipinski definition) is 5. The molecule has 0 fully saturated rings. The van der Waals surface area contributed by atoms with Crippen LogP contribution < -0.4 is 5.56 Å². The van der Waals surface area contributed by atoms with Crippen molar-refractivity contribution in [2.75, 3.05) is 6.54 Å². The Morgan fingerprint density at radius 2 is 1.81 bits per heavy atom. The molecule has 1 N–H and O–H groups in total. The number of nitrogens with one attached hydrogen (secondary N) is 1. The summed E-state index contributed by atoms with van der Waals surface area (Å²) in [5, 5.41) is 4.69. The van der Waals surface area contributed by atoms with Crippen LogP contribution in [0.25, 0.3) is 15.3 Å². The van der Waals surface area contributed by atoms with E-state index in [2.05, 4.69) is 17.2 Å². The van der Waals surface area contributed by atoms with Crippen molar-refractivity contribution in [2.24, 2.45) is 4.99 Å². The molecule has 0 saturated heterocycles. The van der Waals surface area contributed by atoms with Gasteiger partial charge in [0.1, 0.15) is 0 Å².